The van der Waals surface area contributed by atoms with Crippen molar-refractivity contribution in [2.24, 2.45) is 0 Å². The van der Waals surface area contributed by atoms with E-state index in [1.165, 1.54) is 0 Å². The molecule has 2 N–H and O–H groups in total. The van der Waals surface area contributed by atoms with E-state index in [-0.39, 0.29) is 5.91 Å². The number of carbonyl (C=O) groups excluding carboxylic acids is 1. The molecule has 0 aromatic heterocycles. The van der Waals surface area contributed by atoms with Gasteiger partial charge in [-0.2, -0.15) is 0 Å². The Balaban J connectivity index is 1.67. The number of fused-ring (bicyclic) bond motifs is 1. The number of anilines is 1. The fraction of sp³-hybridized carbons (Fsp3) is 0.462. The maximum Gasteiger partial charge on any atom is 0.238 e. The molecular formula is C13H15ClN2O3. The van der Waals surface area contributed by atoms with Gasteiger partial charge in [-0.25, -0.2) is 0 Å². The Hall–Kier alpha value is -1.46. The second-order valence-corrected chi connectivity index (χ2v) is 5.09. The van der Waals surface area contributed by atoms with Crippen LogP contribution in [0.5, 0.6) is 11.5 Å². The molecule has 0 saturated heterocycles. The van der Waals surface area contributed by atoms with E-state index < -0.39 is 0 Å². The van der Waals surface area contributed by atoms with Gasteiger partial charge >= 0.3 is 0 Å². The monoisotopic (exact) mass is 282 g/mol. The first-order chi connectivity index (χ1) is 9.22. The summed E-state index contributed by atoms with van der Waals surface area (Å²) in [5, 5.41) is 6.37. The van der Waals surface area contributed by atoms with Gasteiger partial charge in [0.25, 0.3) is 0 Å². The number of nitrogens with one attached hydrogen (secondary N) is 2. The molecule has 1 aliphatic heterocycles. The predicted octanol–water partition coefficient (Wildman–Crippen LogP) is 1.80. The molecule has 0 unspecified atom stereocenters. The fourth-order valence-corrected chi connectivity index (χ4v) is 2.08. The summed E-state index contributed by atoms with van der Waals surface area (Å²) >= 11 is 6.11. The average Bonchev–Trinajstić information content (AvgIpc) is 3.21. The van der Waals surface area contributed by atoms with E-state index in [4.69, 9.17) is 21.1 Å². The summed E-state index contributed by atoms with van der Waals surface area (Å²) in [6.07, 6.45) is 2.30. The van der Waals surface area contributed by atoms with E-state index in [2.05, 4.69) is 10.6 Å². The summed E-state index contributed by atoms with van der Waals surface area (Å²) in [7, 11) is 0. The Kier molecular flexibility index (Phi) is 3.48. The van der Waals surface area contributed by atoms with E-state index in [0.29, 0.717) is 48.0 Å². The molecule has 102 valence electrons. The van der Waals surface area contributed by atoms with Gasteiger partial charge in [-0.05, 0) is 12.8 Å². The van der Waals surface area contributed by atoms with E-state index >= 15 is 0 Å². The van der Waals surface area contributed by atoms with Crippen molar-refractivity contribution in [3.05, 3.63) is 17.2 Å². The van der Waals surface area contributed by atoms with Crippen LogP contribution in [-0.2, 0) is 4.79 Å². The summed E-state index contributed by atoms with van der Waals surface area (Å²) in [4.78, 5) is 11.8. The molecule has 0 atom stereocenters. The van der Waals surface area contributed by atoms with Crippen molar-refractivity contribution in [2.75, 3.05) is 25.1 Å². The number of halogens is 1. The van der Waals surface area contributed by atoms with E-state index in [1.807, 2.05) is 0 Å². The third kappa shape index (κ3) is 3.11. The standard InChI is InChI=1S/C13H15ClN2O3/c14-9-5-11-12(19-4-3-18-11)6-10(9)16-13(17)7-15-8-1-2-8/h5-6,8,15H,1-4,7H2,(H,16,17). The number of hydrogen-bond acceptors (Lipinski definition) is 4. The summed E-state index contributed by atoms with van der Waals surface area (Å²) in [6.45, 7) is 1.32. The molecule has 5 nitrogen and oxygen atoms in total. The lowest BCUT2D eigenvalue weighted by Crippen LogP contribution is -2.29. The molecule has 3 rings (SSSR count). The quantitative estimate of drug-likeness (QED) is 0.884. The zero-order chi connectivity index (χ0) is 13.2. The summed E-state index contributed by atoms with van der Waals surface area (Å²) in [5.41, 5.74) is 0.550. The largest absolute Gasteiger partial charge is 0.486 e. The van der Waals surface area contributed by atoms with Crippen LogP contribution in [0.2, 0.25) is 5.02 Å². The molecule has 0 radical (unpaired) electrons. The van der Waals surface area contributed by atoms with Gasteiger partial charge in [0.1, 0.15) is 13.2 Å². The van der Waals surface area contributed by atoms with Crippen LogP contribution in [0.4, 0.5) is 5.69 Å². The van der Waals surface area contributed by atoms with Gasteiger partial charge in [0.15, 0.2) is 11.5 Å². The van der Waals surface area contributed by atoms with Gasteiger partial charge in [-0.3, -0.25) is 4.79 Å². The maximum atomic E-state index is 11.8. The molecular weight excluding hydrogens is 268 g/mol. The lowest BCUT2D eigenvalue weighted by atomic mass is 10.2. The Morgan fingerprint density at radius 2 is 1.95 bits per heavy atom. The Morgan fingerprint density at radius 1 is 1.26 bits per heavy atom. The summed E-state index contributed by atoms with van der Waals surface area (Å²) in [5.74, 6) is 1.12. The topological polar surface area (TPSA) is 59.6 Å². The number of rotatable bonds is 4. The average molecular weight is 283 g/mol. The molecule has 1 aliphatic carbocycles. The van der Waals surface area contributed by atoms with Crippen LogP contribution >= 0.6 is 11.6 Å². The van der Waals surface area contributed by atoms with Gasteiger partial charge < -0.3 is 20.1 Å². The second kappa shape index (κ2) is 5.27. The lowest BCUT2D eigenvalue weighted by Gasteiger charge is -2.20. The SMILES string of the molecule is O=C(CNC1CC1)Nc1cc2c(cc1Cl)OCCO2. The number of amides is 1. The fourth-order valence-electron chi connectivity index (χ4n) is 1.88. The molecule has 1 heterocycles. The van der Waals surface area contributed by atoms with Gasteiger partial charge in [0.2, 0.25) is 5.91 Å². The minimum atomic E-state index is -0.106. The predicted molar refractivity (Wildman–Crippen MR) is 72.1 cm³/mol. The molecule has 1 fully saturated rings. The van der Waals surface area contributed by atoms with Crippen LogP contribution < -0.4 is 20.1 Å². The highest BCUT2D eigenvalue weighted by Crippen LogP contribution is 2.37. The molecule has 2 aliphatic rings. The molecule has 0 bridgehead atoms. The number of benzene rings is 1. The zero-order valence-electron chi connectivity index (χ0n) is 10.4. The smallest absolute Gasteiger partial charge is 0.238 e. The highest BCUT2D eigenvalue weighted by atomic mass is 35.5. The van der Waals surface area contributed by atoms with Crippen molar-refractivity contribution in [1.82, 2.24) is 5.32 Å². The molecule has 6 heteroatoms. The van der Waals surface area contributed by atoms with Crippen LogP contribution in [0.3, 0.4) is 0 Å². The second-order valence-electron chi connectivity index (χ2n) is 4.68. The van der Waals surface area contributed by atoms with Crippen molar-refractivity contribution in [2.45, 2.75) is 18.9 Å². The zero-order valence-corrected chi connectivity index (χ0v) is 11.1. The molecule has 1 saturated carbocycles. The van der Waals surface area contributed by atoms with Crippen molar-refractivity contribution in [1.29, 1.82) is 0 Å². The van der Waals surface area contributed by atoms with E-state index in [9.17, 15) is 4.79 Å². The van der Waals surface area contributed by atoms with Gasteiger partial charge in [0, 0.05) is 18.2 Å². The number of hydrogen-bond donors (Lipinski definition) is 2. The Bertz CT molecular complexity index is 503. The summed E-state index contributed by atoms with van der Waals surface area (Å²) in [6, 6.07) is 3.87. The highest BCUT2D eigenvalue weighted by molar-refractivity contribution is 6.34. The first kappa shape index (κ1) is 12.6. The highest BCUT2D eigenvalue weighted by Gasteiger charge is 2.21. The Morgan fingerprint density at radius 3 is 2.63 bits per heavy atom. The third-order valence-electron chi connectivity index (χ3n) is 3.03. The van der Waals surface area contributed by atoms with E-state index in [0.717, 1.165) is 12.8 Å². The molecule has 1 aromatic carbocycles. The van der Waals surface area contributed by atoms with Crippen LogP contribution in [0, 0.1) is 0 Å². The minimum absolute atomic E-state index is 0.106. The normalized spacial score (nSPS) is 17.1. The van der Waals surface area contributed by atoms with E-state index in [1.54, 1.807) is 12.1 Å². The molecule has 1 aromatic rings. The Labute approximate surface area is 116 Å². The van der Waals surface area contributed by atoms with Gasteiger partial charge in [-0.1, -0.05) is 11.6 Å². The number of carbonyl (C=O) groups is 1. The third-order valence-corrected chi connectivity index (χ3v) is 3.35. The van der Waals surface area contributed by atoms with Crippen LogP contribution in [0.25, 0.3) is 0 Å². The van der Waals surface area contributed by atoms with Crippen LogP contribution in [-0.4, -0.2) is 31.7 Å². The van der Waals surface area contributed by atoms with Gasteiger partial charge in [-0.15, -0.1) is 0 Å². The molecule has 19 heavy (non-hydrogen) atoms. The minimum Gasteiger partial charge on any atom is -0.486 e. The van der Waals surface area contributed by atoms with Crippen molar-refractivity contribution in [3.8, 4) is 11.5 Å². The first-order valence-electron chi connectivity index (χ1n) is 6.35. The van der Waals surface area contributed by atoms with Crippen molar-refractivity contribution in [3.63, 3.8) is 0 Å². The first-order valence-corrected chi connectivity index (χ1v) is 6.72. The summed E-state index contributed by atoms with van der Waals surface area (Å²) < 4.78 is 10.9. The van der Waals surface area contributed by atoms with Crippen LogP contribution in [0.15, 0.2) is 12.1 Å². The van der Waals surface area contributed by atoms with Gasteiger partial charge in [0.05, 0.1) is 17.3 Å². The maximum absolute atomic E-state index is 11.8. The van der Waals surface area contributed by atoms with Crippen LogP contribution in [0.1, 0.15) is 12.8 Å². The molecule has 1 amide bonds. The van der Waals surface area contributed by atoms with Crippen molar-refractivity contribution < 1.29 is 14.3 Å². The molecule has 0 spiro atoms. The lowest BCUT2D eigenvalue weighted by molar-refractivity contribution is -0.115. The van der Waals surface area contributed by atoms with Crippen molar-refractivity contribution >= 4 is 23.2 Å². The number of ether oxygens (including phenoxy) is 2.